The summed E-state index contributed by atoms with van der Waals surface area (Å²) < 4.78 is 15.0. The Bertz CT molecular complexity index is 2040. The van der Waals surface area contributed by atoms with Gasteiger partial charge in [0, 0.05) is 5.41 Å². The van der Waals surface area contributed by atoms with Gasteiger partial charge in [0.15, 0.2) is 0 Å². The summed E-state index contributed by atoms with van der Waals surface area (Å²) in [5.74, 6) is -0.204. The normalized spacial score (nSPS) is 14.8. The Kier molecular flexibility index (Phi) is 4.97. The molecule has 0 heterocycles. The Morgan fingerprint density at radius 2 is 1.32 bits per heavy atom. The topological polar surface area (TPSA) is 0 Å². The van der Waals surface area contributed by atoms with E-state index in [1.807, 2.05) is 6.07 Å². The van der Waals surface area contributed by atoms with Crippen LogP contribution in [0.3, 0.4) is 0 Å². The molecule has 0 saturated heterocycles. The Balaban J connectivity index is 1.47. The lowest BCUT2D eigenvalue weighted by Gasteiger charge is -2.23. The van der Waals surface area contributed by atoms with E-state index in [0.29, 0.717) is 0 Å². The average Bonchev–Trinajstić information content (AvgIpc) is 3.22. The lowest BCUT2D eigenvalue weighted by Crippen LogP contribution is -2.14. The minimum atomic E-state index is -0.204. The number of fused-ring (bicyclic) bond motifs is 6. The monoisotopic (exact) mass is 516 g/mol. The van der Waals surface area contributed by atoms with Crippen LogP contribution in [0.15, 0.2) is 109 Å². The first-order chi connectivity index (χ1) is 19.5. The van der Waals surface area contributed by atoms with Gasteiger partial charge >= 0.3 is 0 Å². The Labute approximate surface area is 234 Å². The van der Waals surface area contributed by atoms with Crippen molar-refractivity contribution in [1.29, 1.82) is 0 Å². The molecule has 8 rings (SSSR count). The highest BCUT2D eigenvalue weighted by Gasteiger charge is 2.35. The molecule has 2 aliphatic carbocycles. The predicted octanol–water partition coefficient (Wildman–Crippen LogP) is 10.7. The summed E-state index contributed by atoms with van der Waals surface area (Å²) in [6.45, 7) is 4.65. The van der Waals surface area contributed by atoms with Gasteiger partial charge in [-0.3, -0.25) is 0 Å². The molecule has 0 nitrogen and oxygen atoms in total. The second-order valence-corrected chi connectivity index (χ2v) is 11.7. The van der Waals surface area contributed by atoms with Crippen molar-refractivity contribution in [3.8, 4) is 33.4 Å². The molecule has 0 radical (unpaired) electrons. The predicted molar refractivity (Wildman–Crippen MR) is 167 cm³/mol. The van der Waals surface area contributed by atoms with Gasteiger partial charge in [0.25, 0.3) is 0 Å². The standard InChI is InChI=1S/C39H29F/c1-39(2)35-17-8-7-13-28(35)29-20-18-25(22-36(29)39)37-31-14-5-6-15-32(31)38(34-23-26(40)19-21-33(34)37)30-16-9-11-24-10-3-4-12-27(24)30/h3,5-11,13-23H,4,12H2,1-2H3. The summed E-state index contributed by atoms with van der Waals surface area (Å²) in [7, 11) is 0. The van der Waals surface area contributed by atoms with E-state index in [-0.39, 0.29) is 11.2 Å². The first kappa shape index (κ1) is 23.4. The van der Waals surface area contributed by atoms with Gasteiger partial charge < -0.3 is 0 Å². The molecule has 40 heavy (non-hydrogen) atoms. The molecule has 0 bridgehead atoms. The molecular weight excluding hydrogens is 487 g/mol. The molecule has 0 saturated carbocycles. The van der Waals surface area contributed by atoms with Crippen LogP contribution >= 0.6 is 0 Å². The Morgan fingerprint density at radius 1 is 0.600 bits per heavy atom. The van der Waals surface area contributed by atoms with Crippen molar-refractivity contribution >= 4 is 27.6 Å². The highest BCUT2D eigenvalue weighted by molar-refractivity contribution is 6.21. The molecule has 0 aliphatic heterocycles. The maximum absolute atomic E-state index is 15.0. The number of hydrogen-bond donors (Lipinski definition) is 0. The van der Waals surface area contributed by atoms with Crippen molar-refractivity contribution < 1.29 is 4.39 Å². The van der Waals surface area contributed by atoms with Gasteiger partial charge in [-0.05, 0) is 108 Å². The lowest BCUT2D eigenvalue weighted by molar-refractivity contribution is 0.630. The summed E-state index contributed by atoms with van der Waals surface area (Å²) in [6.07, 6.45) is 6.50. The van der Waals surface area contributed by atoms with Crippen LogP contribution in [-0.4, -0.2) is 0 Å². The van der Waals surface area contributed by atoms with E-state index in [9.17, 15) is 0 Å². The Morgan fingerprint density at radius 3 is 2.20 bits per heavy atom. The summed E-state index contributed by atoms with van der Waals surface area (Å²) in [5, 5.41) is 4.43. The maximum atomic E-state index is 15.0. The maximum Gasteiger partial charge on any atom is 0.123 e. The molecule has 2 aliphatic rings. The third-order valence-electron chi connectivity index (χ3n) is 9.20. The minimum Gasteiger partial charge on any atom is -0.207 e. The zero-order valence-corrected chi connectivity index (χ0v) is 22.8. The zero-order valence-electron chi connectivity index (χ0n) is 22.8. The molecule has 0 fully saturated rings. The first-order valence-corrected chi connectivity index (χ1v) is 14.2. The van der Waals surface area contributed by atoms with Gasteiger partial charge in [0.1, 0.15) is 5.82 Å². The van der Waals surface area contributed by atoms with Crippen LogP contribution in [0.5, 0.6) is 0 Å². The summed E-state index contributed by atoms with van der Waals surface area (Å²) in [6, 6.07) is 36.3. The van der Waals surface area contributed by atoms with Crippen molar-refractivity contribution in [1.82, 2.24) is 0 Å². The number of rotatable bonds is 2. The van der Waals surface area contributed by atoms with Crippen LogP contribution in [0.4, 0.5) is 4.39 Å². The third kappa shape index (κ3) is 3.24. The second kappa shape index (κ2) is 8.50. The first-order valence-electron chi connectivity index (χ1n) is 14.2. The van der Waals surface area contributed by atoms with Crippen molar-refractivity contribution in [2.24, 2.45) is 0 Å². The molecule has 0 atom stereocenters. The van der Waals surface area contributed by atoms with Crippen LogP contribution in [-0.2, 0) is 11.8 Å². The summed E-state index contributed by atoms with van der Waals surface area (Å²) >= 11 is 0. The van der Waals surface area contributed by atoms with E-state index in [0.717, 1.165) is 29.2 Å². The third-order valence-corrected chi connectivity index (χ3v) is 9.20. The molecule has 0 aromatic heterocycles. The molecule has 1 heteroatoms. The van der Waals surface area contributed by atoms with Gasteiger partial charge in [-0.15, -0.1) is 0 Å². The van der Waals surface area contributed by atoms with Crippen molar-refractivity contribution in [3.63, 3.8) is 0 Å². The van der Waals surface area contributed by atoms with E-state index in [1.54, 1.807) is 12.1 Å². The van der Waals surface area contributed by atoms with Crippen molar-refractivity contribution in [2.45, 2.75) is 32.1 Å². The van der Waals surface area contributed by atoms with Gasteiger partial charge in [-0.25, -0.2) is 4.39 Å². The molecule has 0 amide bonds. The van der Waals surface area contributed by atoms with Crippen molar-refractivity contribution in [2.75, 3.05) is 0 Å². The molecule has 192 valence electrons. The fraction of sp³-hybridized carbons (Fsp3) is 0.128. The van der Waals surface area contributed by atoms with E-state index in [2.05, 4.69) is 111 Å². The van der Waals surface area contributed by atoms with Crippen LogP contribution < -0.4 is 0 Å². The molecule has 0 spiro atoms. The number of benzene rings is 6. The van der Waals surface area contributed by atoms with Gasteiger partial charge in [0.05, 0.1) is 0 Å². The van der Waals surface area contributed by atoms with Crippen LogP contribution in [0.25, 0.3) is 61.0 Å². The fourth-order valence-electron chi connectivity index (χ4n) is 7.32. The molecule has 6 aromatic carbocycles. The van der Waals surface area contributed by atoms with Gasteiger partial charge in [0.2, 0.25) is 0 Å². The SMILES string of the molecule is CC1(C)c2ccccc2-c2ccc(-c3c4ccccc4c(-c4cccc5c4CCC=C5)c4cc(F)ccc34)cc21. The van der Waals surface area contributed by atoms with Crippen molar-refractivity contribution in [3.05, 3.63) is 137 Å². The zero-order chi connectivity index (χ0) is 27.0. The smallest absolute Gasteiger partial charge is 0.123 e. The number of hydrogen-bond acceptors (Lipinski definition) is 0. The average molecular weight is 517 g/mol. The Hall–Kier alpha value is -4.49. The molecule has 0 unspecified atom stereocenters. The number of allylic oxidation sites excluding steroid dienone is 1. The summed E-state index contributed by atoms with van der Waals surface area (Å²) in [5.41, 5.74) is 12.6. The van der Waals surface area contributed by atoms with Gasteiger partial charge in [-0.1, -0.05) is 111 Å². The highest BCUT2D eigenvalue weighted by atomic mass is 19.1. The highest BCUT2D eigenvalue weighted by Crippen LogP contribution is 2.51. The second-order valence-electron chi connectivity index (χ2n) is 11.7. The number of halogens is 1. The van der Waals surface area contributed by atoms with E-state index >= 15 is 4.39 Å². The summed E-state index contributed by atoms with van der Waals surface area (Å²) in [4.78, 5) is 0. The largest absolute Gasteiger partial charge is 0.207 e. The lowest BCUT2D eigenvalue weighted by atomic mass is 9.80. The fourth-order valence-corrected chi connectivity index (χ4v) is 7.32. The minimum absolute atomic E-state index is 0.0871. The van der Waals surface area contributed by atoms with Crippen LogP contribution in [0.1, 0.15) is 42.5 Å². The van der Waals surface area contributed by atoms with E-state index < -0.39 is 0 Å². The molecule has 0 N–H and O–H groups in total. The van der Waals surface area contributed by atoms with E-state index in [4.69, 9.17) is 0 Å². The van der Waals surface area contributed by atoms with E-state index in [1.165, 1.54) is 60.8 Å². The molecule has 6 aromatic rings. The molecular formula is C39H29F. The van der Waals surface area contributed by atoms with Gasteiger partial charge in [-0.2, -0.15) is 0 Å². The van der Waals surface area contributed by atoms with Crippen LogP contribution in [0.2, 0.25) is 0 Å². The quantitative estimate of drug-likeness (QED) is 0.201. The van der Waals surface area contributed by atoms with Crippen LogP contribution in [0, 0.1) is 5.82 Å².